The standard InChI is InChI=1S/C23H20N6S/c1-2-28-20-12-7-6-11-19(20)25-23(28)26-24-15-17-16-29(18-9-4-3-5-10-18)27-22(17)21-13-8-14-30-21/h3-16H,2H2,1H3,(H,25,26)/b24-15-. The van der Waals surface area contributed by atoms with Crippen LogP contribution in [0, 0.1) is 0 Å². The van der Waals surface area contributed by atoms with E-state index < -0.39 is 0 Å². The lowest BCUT2D eigenvalue weighted by atomic mass is 10.2. The van der Waals surface area contributed by atoms with Gasteiger partial charge in [0, 0.05) is 18.3 Å². The molecule has 0 spiro atoms. The highest BCUT2D eigenvalue weighted by Crippen LogP contribution is 2.27. The van der Waals surface area contributed by atoms with E-state index in [0.29, 0.717) is 0 Å². The summed E-state index contributed by atoms with van der Waals surface area (Å²) in [5, 5.41) is 11.3. The minimum Gasteiger partial charge on any atom is -0.309 e. The molecule has 6 nitrogen and oxygen atoms in total. The Kier molecular flexibility index (Phi) is 4.86. The maximum absolute atomic E-state index is 4.80. The highest BCUT2D eigenvalue weighted by atomic mass is 32.1. The molecule has 0 aliphatic carbocycles. The molecule has 0 aliphatic rings. The second-order valence-corrected chi connectivity index (χ2v) is 7.68. The van der Waals surface area contributed by atoms with E-state index in [9.17, 15) is 0 Å². The largest absolute Gasteiger partial charge is 0.309 e. The fourth-order valence-corrected chi connectivity index (χ4v) is 4.17. The first-order valence-corrected chi connectivity index (χ1v) is 10.6. The van der Waals surface area contributed by atoms with Crippen molar-refractivity contribution in [2.75, 3.05) is 5.43 Å². The maximum Gasteiger partial charge on any atom is 0.224 e. The summed E-state index contributed by atoms with van der Waals surface area (Å²) in [4.78, 5) is 5.76. The zero-order chi connectivity index (χ0) is 20.3. The Morgan fingerprint density at radius 1 is 1.03 bits per heavy atom. The quantitative estimate of drug-likeness (QED) is 0.299. The van der Waals surface area contributed by atoms with Crippen LogP contribution >= 0.6 is 11.3 Å². The van der Waals surface area contributed by atoms with E-state index in [0.717, 1.165) is 45.3 Å². The van der Waals surface area contributed by atoms with E-state index >= 15 is 0 Å². The fourth-order valence-electron chi connectivity index (χ4n) is 3.44. The third kappa shape index (κ3) is 3.40. The summed E-state index contributed by atoms with van der Waals surface area (Å²) in [6.45, 7) is 2.91. The lowest BCUT2D eigenvalue weighted by molar-refractivity contribution is 0.791. The number of fused-ring (bicyclic) bond motifs is 1. The Morgan fingerprint density at radius 2 is 1.87 bits per heavy atom. The molecule has 30 heavy (non-hydrogen) atoms. The zero-order valence-electron chi connectivity index (χ0n) is 16.4. The van der Waals surface area contributed by atoms with Crippen molar-refractivity contribution in [1.82, 2.24) is 19.3 Å². The van der Waals surface area contributed by atoms with Crippen LogP contribution in [0.2, 0.25) is 0 Å². The van der Waals surface area contributed by atoms with Crippen molar-refractivity contribution in [2.45, 2.75) is 13.5 Å². The smallest absolute Gasteiger partial charge is 0.224 e. The predicted octanol–water partition coefficient (Wildman–Crippen LogP) is 5.42. The van der Waals surface area contributed by atoms with E-state index in [1.54, 1.807) is 17.6 Å². The fraction of sp³-hybridized carbons (Fsp3) is 0.0870. The zero-order valence-corrected chi connectivity index (χ0v) is 17.3. The molecule has 0 unspecified atom stereocenters. The van der Waals surface area contributed by atoms with Crippen LogP contribution in [0.1, 0.15) is 12.5 Å². The molecular weight excluding hydrogens is 392 g/mol. The van der Waals surface area contributed by atoms with Gasteiger partial charge in [-0.3, -0.25) is 0 Å². The summed E-state index contributed by atoms with van der Waals surface area (Å²) in [6, 6.07) is 22.3. The minimum absolute atomic E-state index is 0.725. The van der Waals surface area contributed by atoms with Crippen LogP contribution in [-0.4, -0.2) is 25.5 Å². The average molecular weight is 413 g/mol. The Labute approximate surface area is 178 Å². The molecule has 2 aromatic carbocycles. The Morgan fingerprint density at radius 3 is 2.67 bits per heavy atom. The number of hydrogen-bond acceptors (Lipinski definition) is 5. The van der Waals surface area contributed by atoms with Crippen LogP contribution in [-0.2, 0) is 6.54 Å². The lowest BCUT2D eigenvalue weighted by Gasteiger charge is -2.04. The summed E-state index contributed by atoms with van der Waals surface area (Å²) in [7, 11) is 0. The van der Waals surface area contributed by atoms with Crippen LogP contribution in [0.3, 0.4) is 0 Å². The van der Waals surface area contributed by atoms with Gasteiger partial charge in [0.2, 0.25) is 5.95 Å². The molecule has 7 heteroatoms. The van der Waals surface area contributed by atoms with Crippen molar-refractivity contribution in [1.29, 1.82) is 0 Å². The third-order valence-electron chi connectivity index (χ3n) is 4.86. The molecule has 1 N–H and O–H groups in total. The number of aromatic nitrogens is 4. The number of nitrogens with zero attached hydrogens (tertiary/aromatic N) is 5. The van der Waals surface area contributed by atoms with E-state index in [-0.39, 0.29) is 0 Å². The van der Waals surface area contributed by atoms with Gasteiger partial charge in [-0.2, -0.15) is 10.2 Å². The number of benzene rings is 2. The monoisotopic (exact) mass is 412 g/mol. The summed E-state index contributed by atoms with van der Waals surface area (Å²) < 4.78 is 4.00. The molecule has 0 bridgehead atoms. The number of aryl methyl sites for hydroxylation is 1. The molecule has 0 radical (unpaired) electrons. The number of rotatable bonds is 6. The van der Waals surface area contributed by atoms with Crippen LogP contribution < -0.4 is 5.43 Å². The molecule has 3 aromatic heterocycles. The van der Waals surface area contributed by atoms with Crippen molar-refractivity contribution in [2.24, 2.45) is 5.10 Å². The topological polar surface area (TPSA) is 60.0 Å². The first-order chi connectivity index (χ1) is 14.8. The van der Waals surface area contributed by atoms with E-state index in [4.69, 9.17) is 5.10 Å². The number of anilines is 1. The molecule has 0 saturated heterocycles. The number of nitrogens with one attached hydrogen (secondary N) is 1. The highest BCUT2D eigenvalue weighted by molar-refractivity contribution is 7.13. The molecule has 0 aliphatic heterocycles. The number of hydrazone groups is 1. The van der Waals surface area contributed by atoms with Crippen molar-refractivity contribution >= 4 is 34.5 Å². The molecular formula is C23H20N6S. The van der Waals surface area contributed by atoms with Gasteiger partial charge in [-0.05, 0) is 42.6 Å². The normalized spacial score (nSPS) is 11.5. The number of imidazole rings is 1. The number of thiophene rings is 1. The van der Waals surface area contributed by atoms with Gasteiger partial charge in [-0.15, -0.1) is 11.3 Å². The Hall–Kier alpha value is -3.71. The SMILES string of the molecule is CCn1c(N/N=C\c2cn(-c3ccccc3)nc2-c2cccs2)nc2ccccc21. The van der Waals surface area contributed by atoms with Gasteiger partial charge in [0.15, 0.2) is 0 Å². The summed E-state index contributed by atoms with van der Waals surface area (Å²) >= 11 is 1.66. The van der Waals surface area contributed by atoms with Crippen LogP contribution in [0.4, 0.5) is 5.95 Å². The van der Waals surface area contributed by atoms with Crippen LogP contribution in [0.15, 0.2) is 83.4 Å². The molecule has 0 fully saturated rings. The molecule has 0 atom stereocenters. The average Bonchev–Trinajstić information content (AvgIpc) is 3.52. The first-order valence-electron chi connectivity index (χ1n) is 9.77. The molecule has 0 amide bonds. The van der Waals surface area contributed by atoms with Crippen molar-refractivity contribution in [3.8, 4) is 16.3 Å². The van der Waals surface area contributed by atoms with E-state index in [1.165, 1.54) is 0 Å². The maximum atomic E-state index is 4.80. The highest BCUT2D eigenvalue weighted by Gasteiger charge is 2.12. The van der Waals surface area contributed by atoms with Gasteiger partial charge in [0.05, 0.1) is 27.8 Å². The van der Waals surface area contributed by atoms with Gasteiger partial charge in [-0.1, -0.05) is 36.4 Å². The van der Waals surface area contributed by atoms with Gasteiger partial charge >= 0.3 is 0 Å². The summed E-state index contributed by atoms with van der Waals surface area (Å²) in [5.41, 5.74) is 8.01. The molecule has 5 aromatic rings. The number of para-hydroxylation sites is 3. The van der Waals surface area contributed by atoms with Crippen molar-refractivity contribution in [3.05, 3.63) is 83.9 Å². The summed E-state index contributed by atoms with van der Waals surface area (Å²) in [6.07, 6.45) is 3.80. The predicted molar refractivity (Wildman–Crippen MR) is 124 cm³/mol. The Bertz CT molecular complexity index is 1300. The van der Waals surface area contributed by atoms with Crippen molar-refractivity contribution < 1.29 is 0 Å². The molecule has 0 saturated carbocycles. The van der Waals surface area contributed by atoms with Crippen LogP contribution in [0.25, 0.3) is 27.3 Å². The second-order valence-electron chi connectivity index (χ2n) is 6.73. The van der Waals surface area contributed by atoms with E-state index in [2.05, 4.69) is 44.5 Å². The minimum atomic E-state index is 0.725. The van der Waals surface area contributed by atoms with E-state index in [1.807, 2.05) is 65.5 Å². The lowest BCUT2D eigenvalue weighted by Crippen LogP contribution is -2.01. The van der Waals surface area contributed by atoms with Crippen molar-refractivity contribution in [3.63, 3.8) is 0 Å². The first kappa shape index (κ1) is 18.3. The molecule has 5 rings (SSSR count). The number of hydrogen-bond donors (Lipinski definition) is 1. The van der Waals surface area contributed by atoms with Gasteiger partial charge in [-0.25, -0.2) is 15.1 Å². The van der Waals surface area contributed by atoms with Gasteiger partial charge in [0.1, 0.15) is 5.69 Å². The van der Waals surface area contributed by atoms with Crippen LogP contribution in [0.5, 0.6) is 0 Å². The summed E-state index contributed by atoms with van der Waals surface area (Å²) in [5.74, 6) is 0.725. The Balaban J connectivity index is 1.48. The molecule has 148 valence electrons. The second kappa shape index (κ2) is 7.96. The molecule has 3 heterocycles. The van der Waals surface area contributed by atoms with Gasteiger partial charge < -0.3 is 4.57 Å². The van der Waals surface area contributed by atoms with Gasteiger partial charge in [0.25, 0.3) is 0 Å². The third-order valence-corrected chi connectivity index (χ3v) is 5.73.